The number of amides is 2. The van der Waals surface area contributed by atoms with Crippen LogP contribution in [0.15, 0.2) is 24.3 Å². The molecule has 0 aromatic heterocycles. The molecule has 1 atom stereocenters. The monoisotopic (exact) mass is 289 g/mol. The summed E-state index contributed by atoms with van der Waals surface area (Å²) < 4.78 is 0. The normalized spacial score (nSPS) is 11.3. The number of rotatable bonds is 6. The summed E-state index contributed by atoms with van der Waals surface area (Å²) in [5.74, 6) is -1.04. The minimum Gasteiger partial charge on any atom is -0.480 e. The van der Waals surface area contributed by atoms with E-state index in [-0.39, 0.29) is 0 Å². The molecule has 0 unspecified atom stereocenters. The van der Waals surface area contributed by atoms with E-state index < -0.39 is 18.0 Å². The first kappa shape index (κ1) is 16.5. The number of nitriles is 1. The van der Waals surface area contributed by atoms with E-state index in [0.717, 1.165) is 5.56 Å². The van der Waals surface area contributed by atoms with Gasteiger partial charge in [-0.05, 0) is 24.1 Å². The molecule has 0 bridgehead atoms. The van der Waals surface area contributed by atoms with Gasteiger partial charge in [0.1, 0.15) is 6.04 Å². The number of nitrogens with one attached hydrogen (secondary N) is 1. The quantitative estimate of drug-likeness (QED) is 0.837. The predicted octanol–water partition coefficient (Wildman–Crippen LogP) is 1.95. The molecule has 0 aliphatic heterocycles. The van der Waals surface area contributed by atoms with Gasteiger partial charge in [-0.3, -0.25) is 0 Å². The molecule has 21 heavy (non-hydrogen) atoms. The third-order valence-electron chi connectivity index (χ3n) is 3.00. The summed E-state index contributed by atoms with van der Waals surface area (Å²) in [4.78, 5) is 24.4. The maximum atomic E-state index is 12.0. The topological polar surface area (TPSA) is 93.4 Å². The molecule has 6 nitrogen and oxygen atoms in total. The van der Waals surface area contributed by atoms with Crippen molar-refractivity contribution in [3.63, 3.8) is 0 Å². The molecule has 1 rings (SSSR count). The van der Waals surface area contributed by atoms with Crippen LogP contribution in [-0.2, 0) is 11.3 Å². The zero-order chi connectivity index (χ0) is 15.8. The van der Waals surface area contributed by atoms with Crippen LogP contribution in [0.5, 0.6) is 0 Å². The molecular formula is C15H19N3O3. The van der Waals surface area contributed by atoms with Crippen molar-refractivity contribution in [1.29, 1.82) is 5.26 Å². The number of hydrogen-bond donors (Lipinski definition) is 2. The Morgan fingerprint density at radius 2 is 2.19 bits per heavy atom. The fraction of sp³-hybridized carbons (Fsp3) is 0.400. The Kier molecular flexibility index (Phi) is 6.21. The largest absolute Gasteiger partial charge is 0.480 e. The number of carbonyl (C=O) groups excluding carboxylic acids is 1. The smallest absolute Gasteiger partial charge is 0.326 e. The van der Waals surface area contributed by atoms with Crippen LogP contribution in [0.2, 0.25) is 0 Å². The van der Waals surface area contributed by atoms with E-state index in [9.17, 15) is 9.59 Å². The van der Waals surface area contributed by atoms with Gasteiger partial charge in [0.15, 0.2) is 0 Å². The molecule has 0 radical (unpaired) electrons. The van der Waals surface area contributed by atoms with Crippen molar-refractivity contribution in [3.8, 4) is 6.07 Å². The summed E-state index contributed by atoms with van der Waals surface area (Å²) in [7, 11) is 1.58. The second kappa shape index (κ2) is 7.90. The zero-order valence-corrected chi connectivity index (χ0v) is 12.2. The molecule has 1 aromatic carbocycles. The summed E-state index contributed by atoms with van der Waals surface area (Å²) in [6.45, 7) is 2.17. The van der Waals surface area contributed by atoms with Crippen molar-refractivity contribution < 1.29 is 14.7 Å². The van der Waals surface area contributed by atoms with E-state index in [2.05, 4.69) is 5.32 Å². The number of carbonyl (C=O) groups is 2. The number of benzene rings is 1. The van der Waals surface area contributed by atoms with Crippen LogP contribution in [0.1, 0.15) is 30.9 Å². The zero-order valence-electron chi connectivity index (χ0n) is 12.2. The van der Waals surface area contributed by atoms with Gasteiger partial charge in [0.2, 0.25) is 0 Å². The molecular weight excluding hydrogens is 270 g/mol. The lowest BCUT2D eigenvalue weighted by Crippen LogP contribution is -2.46. The molecule has 1 aromatic rings. The van der Waals surface area contributed by atoms with Crippen molar-refractivity contribution in [2.24, 2.45) is 0 Å². The van der Waals surface area contributed by atoms with Gasteiger partial charge >= 0.3 is 12.0 Å². The van der Waals surface area contributed by atoms with Crippen molar-refractivity contribution in [1.82, 2.24) is 10.2 Å². The van der Waals surface area contributed by atoms with Crippen LogP contribution in [0.4, 0.5) is 4.79 Å². The maximum absolute atomic E-state index is 12.0. The minimum absolute atomic E-state index is 0.305. The van der Waals surface area contributed by atoms with Gasteiger partial charge in [-0.15, -0.1) is 0 Å². The van der Waals surface area contributed by atoms with E-state index in [1.165, 1.54) is 4.90 Å². The Labute approximate surface area is 124 Å². The van der Waals surface area contributed by atoms with Crippen molar-refractivity contribution in [2.45, 2.75) is 32.4 Å². The van der Waals surface area contributed by atoms with Gasteiger partial charge in [-0.2, -0.15) is 5.26 Å². The highest BCUT2D eigenvalue weighted by atomic mass is 16.4. The molecule has 6 heteroatoms. The summed E-state index contributed by atoms with van der Waals surface area (Å²) in [6, 6.07) is 7.65. The Morgan fingerprint density at radius 1 is 1.48 bits per heavy atom. The highest BCUT2D eigenvalue weighted by molar-refractivity contribution is 5.82. The van der Waals surface area contributed by atoms with Crippen LogP contribution >= 0.6 is 0 Å². The van der Waals surface area contributed by atoms with E-state index in [1.807, 2.05) is 19.1 Å². The first-order valence-corrected chi connectivity index (χ1v) is 6.71. The lowest BCUT2D eigenvalue weighted by atomic mass is 10.1. The van der Waals surface area contributed by atoms with Crippen LogP contribution in [0.3, 0.4) is 0 Å². The Bertz CT molecular complexity index is 551. The van der Waals surface area contributed by atoms with Crippen LogP contribution in [0.25, 0.3) is 0 Å². The van der Waals surface area contributed by atoms with Crippen molar-refractivity contribution in [2.75, 3.05) is 7.05 Å². The van der Waals surface area contributed by atoms with E-state index in [1.54, 1.807) is 25.2 Å². The second-order valence-corrected chi connectivity index (χ2v) is 4.80. The van der Waals surface area contributed by atoms with E-state index >= 15 is 0 Å². The van der Waals surface area contributed by atoms with Crippen LogP contribution in [0, 0.1) is 11.3 Å². The molecule has 0 heterocycles. The van der Waals surface area contributed by atoms with Crippen LogP contribution in [-0.4, -0.2) is 35.1 Å². The number of hydrogen-bond acceptors (Lipinski definition) is 3. The maximum Gasteiger partial charge on any atom is 0.326 e. The first-order valence-electron chi connectivity index (χ1n) is 6.71. The molecule has 2 amide bonds. The van der Waals surface area contributed by atoms with Crippen LogP contribution < -0.4 is 5.32 Å². The summed E-state index contributed by atoms with van der Waals surface area (Å²) in [6.07, 6.45) is 1.06. The van der Waals surface area contributed by atoms with Gasteiger partial charge in [0.25, 0.3) is 0 Å². The van der Waals surface area contributed by atoms with E-state index in [4.69, 9.17) is 10.4 Å². The average Bonchev–Trinajstić information content (AvgIpc) is 2.46. The first-order chi connectivity index (χ1) is 9.97. The van der Waals surface area contributed by atoms with Crippen molar-refractivity contribution >= 4 is 12.0 Å². The SMILES string of the molecule is CCC[C@H](NC(=O)N(C)Cc1cccc(C#N)c1)C(=O)O. The number of urea groups is 1. The van der Waals surface area contributed by atoms with Gasteiger partial charge in [0.05, 0.1) is 11.6 Å². The standard InChI is InChI=1S/C15H19N3O3/c1-3-5-13(14(19)20)17-15(21)18(2)10-12-7-4-6-11(8-12)9-16/h4,6-8,13H,3,5,10H2,1-2H3,(H,17,21)(H,19,20)/t13-/m0/s1. The summed E-state index contributed by atoms with van der Waals surface area (Å²) in [5, 5.41) is 20.3. The van der Waals surface area contributed by atoms with Gasteiger partial charge in [-0.1, -0.05) is 25.5 Å². The molecule has 0 aliphatic carbocycles. The number of carboxylic acid groups (broad SMARTS) is 1. The minimum atomic E-state index is -1.04. The summed E-state index contributed by atoms with van der Waals surface area (Å²) >= 11 is 0. The Hall–Kier alpha value is -2.55. The lowest BCUT2D eigenvalue weighted by molar-refractivity contribution is -0.139. The fourth-order valence-electron chi connectivity index (χ4n) is 1.89. The molecule has 0 aliphatic rings. The molecule has 0 saturated carbocycles. The molecule has 0 spiro atoms. The molecule has 2 N–H and O–H groups in total. The number of carboxylic acids is 1. The molecule has 0 saturated heterocycles. The number of aliphatic carboxylic acids is 1. The van der Waals surface area contributed by atoms with E-state index in [0.29, 0.717) is 24.9 Å². The van der Waals surface area contributed by atoms with Gasteiger partial charge in [-0.25, -0.2) is 9.59 Å². The lowest BCUT2D eigenvalue weighted by Gasteiger charge is -2.21. The third kappa shape index (κ3) is 5.15. The second-order valence-electron chi connectivity index (χ2n) is 4.80. The molecule has 112 valence electrons. The Morgan fingerprint density at radius 3 is 2.76 bits per heavy atom. The van der Waals surface area contributed by atoms with Crippen molar-refractivity contribution in [3.05, 3.63) is 35.4 Å². The number of nitrogens with zero attached hydrogens (tertiary/aromatic N) is 2. The highest BCUT2D eigenvalue weighted by Crippen LogP contribution is 2.07. The summed E-state index contributed by atoms with van der Waals surface area (Å²) in [5.41, 5.74) is 1.34. The van der Waals surface area contributed by atoms with Gasteiger partial charge < -0.3 is 15.3 Å². The fourth-order valence-corrected chi connectivity index (χ4v) is 1.89. The molecule has 0 fully saturated rings. The average molecular weight is 289 g/mol. The van der Waals surface area contributed by atoms with Gasteiger partial charge in [0, 0.05) is 13.6 Å². The predicted molar refractivity (Wildman–Crippen MR) is 77.5 cm³/mol. The Balaban J connectivity index is 2.65. The third-order valence-corrected chi connectivity index (χ3v) is 3.00. The highest BCUT2D eigenvalue weighted by Gasteiger charge is 2.20.